The summed E-state index contributed by atoms with van der Waals surface area (Å²) >= 11 is 1.26. The molecule has 0 radical (unpaired) electrons. The number of carbonyl (C=O) groups is 2. The summed E-state index contributed by atoms with van der Waals surface area (Å²) in [7, 11) is 0. The molecule has 3 aromatic carbocycles. The van der Waals surface area contributed by atoms with Crippen LogP contribution in [0.4, 0.5) is 26.1 Å². The molecule has 8 heteroatoms. The topological polar surface area (TPSA) is 86.4 Å². The van der Waals surface area contributed by atoms with E-state index in [0.29, 0.717) is 22.2 Å². The third-order valence-electron chi connectivity index (χ3n) is 4.78. The molecule has 33 heavy (non-hydrogen) atoms. The van der Waals surface area contributed by atoms with Crippen LogP contribution in [0.2, 0.25) is 0 Å². The van der Waals surface area contributed by atoms with Gasteiger partial charge in [0.25, 0.3) is 0 Å². The first-order valence-electron chi connectivity index (χ1n) is 10.3. The Labute approximate surface area is 196 Å². The monoisotopic (exact) mass is 457 g/mol. The second kappa shape index (κ2) is 9.97. The van der Waals surface area contributed by atoms with Crippen LogP contribution in [0, 0.1) is 13.8 Å². The van der Waals surface area contributed by atoms with E-state index in [1.54, 1.807) is 24.3 Å². The number of rotatable bonds is 4. The number of hydrogen-bond donors (Lipinski definition) is 3. The molecular formula is C25H23N5O2S. The van der Waals surface area contributed by atoms with Gasteiger partial charge in [-0.05, 0) is 38.1 Å². The summed E-state index contributed by atoms with van der Waals surface area (Å²) in [6.07, 6.45) is 0. The van der Waals surface area contributed by atoms with E-state index in [1.165, 1.54) is 11.3 Å². The standard InChI is InChI=1S/C25H23N5O2S/c1-17-8-12-19(13-9-17)22-16-33-25(28-22)30(24(32)27-21-14-10-18(2)11-15-21)29-23(31)26-20-6-4-3-5-7-20/h3-16H,1-2H3,(H,27,32)(H2,26,29,31). The second-order valence-corrected chi connectivity index (χ2v) is 8.28. The van der Waals surface area contributed by atoms with Crippen molar-refractivity contribution in [2.75, 3.05) is 15.6 Å². The van der Waals surface area contributed by atoms with Crippen LogP contribution in [0.25, 0.3) is 11.3 Å². The van der Waals surface area contributed by atoms with Gasteiger partial charge in [-0.1, -0.05) is 65.7 Å². The number of aromatic nitrogens is 1. The number of urea groups is 2. The first-order chi connectivity index (χ1) is 16.0. The van der Waals surface area contributed by atoms with Crippen molar-refractivity contribution < 1.29 is 9.59 Å². The lowest BCUT2D eigenvalue weighted by atomic mass is 10.1. The lowest BCUT2D eigenvalue weighted by Gasteiger charge is -2.21. The Morgan fingerprint density at radius 3 is 2.06 bits per heavy atom. The number of amides is 4. The fourth-order valence-electron chi connectivity index (χ4n) is 3.01. The summed E-state index contributed by atoms with van der Waals surface area (Å²) in [5.74, 6) is 0. The molecule has 0 spiro atoms. The molecule has 7 nitrogen and oxygen atoms in total. The van der Waals surface area contributed by atoms with Crippen molar-refractivity contribution in [3.63, 3.8) is 0 Å². The number of nitrogens with zero attached hydrogens (tertiary/aromatic N) is 2. The highest BCUT2D eigenvalue weighted by molar-refractivity contribution is 7.14. The second-order valence-electron chi connectivity index (χ2n) is 7.44. The Kier molecular flexibility index (Phi) is 6.66. The molecule has 1 aromatic heterocycles. The van der Waals surface area contributed by atoms with Crippen LogP contribution >= 0.6 is 11.3 Å². The molecule has 0 aliphatic carbocycles. The third-order valence-corrected chi connectivity index (χ3v) is 5.61. The number of carbonyl (C=O) groups excluding carboxylic acids is 2. The molecule has 0 atom stereocenters. The highest BCUT2D eigenvalue weighted by Crippen LogP contribution is 2.27. The van der Waals surface area contributed by atoms with E-state index in [1.807, 2.05) is 73.8 Å². The summed E-state index contributed by atoms with van der Waals surface area (Å²) < 4.78 is 0. The predicted molar refractivity (Wildman–Crippen MR) is 134 cm³/mol. The lowest BCUT2D eigenvalue weighted by Crippen LogP contribution is -2.50. The Morgan fingerprint density at radius 2 is 1.39 bits per heavy atom. The molecule has 0 bridgehead atoms. The average molecular weight is 458 g/mol. The Hall–Kier alpha value is -4.17. The van der Waals surface area contributed by atoms with Gasteiger partial charge in [0.05, 0.1) is 5.69 Å². The molecule has 166 valence electrons. The molecule has 0 unspecified atom stereocenters. The number of nitrogens with one attached hydrogen (secondary N) is 3. The zero-order chi connectivity index (χ0) is 23.2. The van der Waals surface area contributed by atoms with Crippen LogP contribution in [0.5, 0.6) is 0 Å². The van der Waals surface area contributed by atoms with E-state index in [9.17, 15) is 9.59 Å². The molecule has 0 aliphatic rings. The normalized spacial score (nSPS) is 10.4. The number of hydrazine groups is 1. The minimum absolute atomic E-state index is 0.332. The van der Waals surface area contributed by atoms with Gasteiger partial charge in [-0.25, -0.2) is 20.0 Å². The molecule has 4 aromatic rings. The van der Waals surface area contributed by atoms with Crippen molar-refractivity contribution in [2.45, 2.75) is 13.8 Å². The van der Waals surface area contributed by atoms with E-state index in [2.05, 4.69) is 21.0 Å². The molecule has 0 saturated carbocycles. The quantitative estimate of drug-likeness (QED) is 0.319. The number of aryl methyl sites for hydroxylation is 2. The SMILES string of the molecule is Cc1ccc(NC(=O)N(NC(=O)Nc2ccccc2)c2nc(-c3ccc(C)cc3)cs2)cc1. The molecule has 0 saturated heterocycles. The maximum absolute atomic E-state index is 13.1. The van der Waals surface area contributed by atoms with Crippen molar-refractivity contribution in [1.82, 2.24) is 10.4 Å². The number of hydrogen-bond acceptors (Lipinski definition) is 4. The Morgan fingerprint density at radius 1 is 0.788 bits per heavy atom. The predicted octanol–water partition coefficient (Wildman–Crippen LogP) is 6.20. The van der Waals surface area contributed by atoms with Crippen LogP contribution in [0.1, 0.15) is 11.1 Å². The molecule has 0 aliphatic heterocycles. The van der Waals surface area contributed by atoms with Crippen molar-refractivity contribution in [2.24, 2.45) is 0 Å². The first-order valence-corrected chi connectivity index (χ1v) is 11.2. The van der Waals surface area contributed by atoms with Gasteiger partial charge in [-0.15, -0.1) is 11.3 Å². The van der Waals surface area contributed by atoms with Gasteiger partial charge in [0.1, 0.15) is 0 Å². The largest absolute Gasteiger partial charge is 0.347 e. The summed E-state index contributed by atoms with van der Waals surface area (Å²) in [6.45, 7) is 3.98. The minimum Gasteiger partial charge on any atom is -0.307 e. The van der Waals surface area contributed by atoms with Crippen LogP contribution in [-0.2, 0) is 0 Å². The summed E-state index contributed by atoms with van der Waals surface area (Å²) in [5.41, 5.74) is 7.68. The number of thiazole rings is 1. The van der Waals surface area contributed by atoms with E-state index in [4.69, 9.17) is 0 Å². The van der Waals surface area contributed by atoms with Crippen molar-refractivity contribution in [3.8, 4) is 11.3 Å². The van der Waals surface area contributed by atoms with E-state index in [0.717, 1.165) is 21.7 Å². The summed E-state index contributed by atoms with van der Waals surface area (Å²) in [5, 5.41) is 8.82. The van der Waals surface area contributed by atoms with Crippen molar-refractivity contribution in [3.05, 3.63) is 95.4 Å². The highest BCUT2D eigenvalue weighted by atomic mass is 32.1. The van der Waals surface area contributed by atoms with Gasteiger partial charge < -0.3 is 10.6 Å². The maximum atomic E-state index is 13.1. The smallest absolute Gasteiger partial charge is 0.307 e. The highest BCUT2D eigenvalue weighted by Gasteiger charge is 2.22. The molecule has 3 N–H and O–H groups in total. The maximum Gasteiger partial charge on any atom is 0.347 e. The first kappa shape index (κ1) is 22.0. The van der Waals surface area contributed by atoms with Crippen LogP contribution in [-0.4, -0.2) is 17.0 Å². The summed E-state index contributed by atoms with van der Waals surface area (Å²) in [6, 6.07) is 23.2. The fourth-order valence-corrected chi connectivity index (χ4v) is 3.80. The lowest BCUT2D eigenvalue weighted by molar-refractivity contribution is 0.243. The van der Waals surface area contributed by atoms with Gasteiger partial charge in [0.15, 0.2) is 0 Å². The van der Waals surface area contributed by atoms with E-state index >= 15 is 0 Å². The van der Waals surface area contributed by atoms with E-state index < -0.39 is 12.1 Å². The fraction of sp³-hybridized carbons (Fsp3) is 0.0800. The molecule has 4 rings (SSSR count). The molecule has 0 fully saturated rings. The zero-order valence-electron chi connectivity index (χ0n) is 18.2. The van der Waals surface area contributed by atoms with Crippen LogP contribution in [0.3, 0.4) is 0 Å². The van der Waals surface area contributed by atoms with Gasteiger partial charge in [-0.2, -0.15) is 5.01 Å². The Bertz CT molecular complexity index is 1240. The zero-order valence-corrected chi connectivity index (χ0v) is 19.0. The van der Waals surface area contributed by atoms with Gasteiger partial charge in [0.2, 0.25) is 5.13 Å². The number of para-hydroxylation sites is 1. The van der Waals surface area contributed by atoms with Crippen molar-refractivity contribution >= 4 is 39.9 Å². The van der Waals surface area contributed by atoms with Crippen LogP contribution in [0.15, 0.2) is 84.2 Å². The number of benzene rings is 3. The van der Waals surface area contributed by atoms with E-state index in [-0.39, 0.29) is 0 Å². The van der Waals surface area contributed by atoms with Gasteiger partial charge >= 0.3 is 12.1 Å². The van der Waals surface area contributed by atoms with Gasteiger partial charge in [0, 0.05) is 22.3 Å². The molecular weight excluding hydrogens is 434 g/mol. The van der Waals surface area contributed by atoms with Gasteiger partial charge in [-0.3, -0.25) is 0 Å². The van der Waals surface area contributed by atoms with Crippen LogP contribution < -0.4 is 21.1 Å². The molecule has 1 heterocycles. The third kappa shape index (κ3) is 5.75. The number of anilines is 3. The van der Waals surface area contributed by atoms with Crippen molar-refractivity contribution in [1.29, 1.82) is 0 Å². The minimum atomic E-state index is -0.563. The Balaban J connectivity index is 1.57. The molecule has 4 amide bonds. The summed E-state index contributed by atoms with van der Waals surface area (Å²) in [4.78, 5) is 30.3. The average Bonchev–Trinajstić information content (AvgIpc) is 3.30.